The van der Waals surface area contributed by atoms with Gasteiger partial charge in [0.05, 0.1) is 11.8 Å². The molecule has 4 N–H and O–H groups in total. The summed E-state index contributed by atoms with van der Waals surface area (Å²) in [5.41, 5.74) is 1.05. The first-order chi connectivity index (χ1) is 12.3. The second-order valence-corrected chi connectivity index (χ2v) is 6.84. The van der Waals surface area contributed by atoms with Crippen LogP contribution in [0.3, 0.4) is 0 Å². The number of hydrogen-bond acceptors (Lipinski definition) is 4. The Morgan fingerprint density at radius 1 is 1.19 bits per heavy atom. The number of phenolic OH excluding ortho intramolecular Hbond substituents is 1. The van der Waals surface area contributed by atoms with Crippen LogP contribution in [-0.4, -0.2) is 39.2 Å². The zero-order valence-electron chi connectivity index (χ0n) is 14.5. The van der Waals surface area contributed by atoms with E-state index in [4.69, 9.17) is 0 Å². The van der Waals surface area contributed by atoms with Crippen molar-refractivity contribution in [2.24, 2.45) is 0 Å². The Hall–Kier alpha value is -2.90. The average molecular weight is 360 g/mol. The van der Waals surface area contributed by atoms with Crippen molar-refractivity contribution in [3.8, 4) is 5.75 Å². The smallest absolute Gasteiger partial charge is 0.257 e. The van der Waals surface area contributed by atoms with Crippen LogP contribution in [0.15, 0.2) is 24.4 Å². The van der Waals surface area contributed by atoms with E-state index in [-0.39, 0.29) is 40.8 Å². The maximum atomic E-state index is 13.3. The van der Waals surface area contributed by atoms with Crippen molar-refractivity contribution in [2.45, 2.75) is 44.7 Å². The lowest BCUT2D eigenvalue weighted by atomic mass is 9.86. The van der Waals surface area contributed by atoms with Gasteiger partial charge in [0, 0.05) is 12.1 Å². The van der Waals surface area contributed by atoms with Crippen LogP contribution in [0.4, 0.5) is 4.39 Å². The van der Waals surface area contributed by atoms with Gasteiger partial charge in [-0.2, -0.15) is 9.49 Å². The maximum Gasteiger partial charge on any atom is 0.257 e. The highest BCUT2D eigenvalue weighted by Crippen LogP contribution is 2.25. The molecule has 1 heterocycles. The molecule has 1 saturated carbocycles. The van der Waals surface area contributed by atoms with Crippen molar-refractivity contribution in [2.75, 3.05) is 0 Å². The van der Waals surface area contributed by atoms with Crippen LogP contribution in [0.5, 0.6) is 5.75 Å². The fraction of sp³-hybridized carbons (Fsp3) is 0.389. The summed E-state index contributed by atoms with van der Waals surface area (Å²) in [6.07, 6.45) is 2.22. The van der Waals surface area contributed by atoms with E-state index in [1.165, 1.54) is 0 Å². The molecular weight excluding hydrogens is 339 g/mol. The molecule has 0 radical (unpaired) electrons. The predicted molar refractivity (Wildman–Crippen MR) is 92.5 cm³/mol. The van der Waals surface area contributed by atoms with Gasteiger partial charge >= 0.3 is 0 Å². The van der Waals surface area contributed by atoms with Gasteiger partial charge in [-0.1, -0.05) is 19.9 Å². The molecule has 138 valence electrons. The summed E-state index contributed by atoms with van der Waals surface area (Å²) in [6.45, 7) is 4.01. The lowest BCUT2D eigenvalue weighted by molar-refractivity contribution is 0.0859. The quantitative estimate of drug-likeness (QED) is 0.655. The molecule has 0 saturated heterocycles. The van der Waals surface area contributed by atoms with Gasteiger partial charge < -0.3 is 15.7 Å². The number of nitrogens with one attached hydrogen (secondary N) is 3. The number of hydrogen-bond donors (Lipinski definition) is 4. The third-order valence-corrected chi connectivity index (χ3v) is 4.58. The Balaban J connectivity index is 1.50. The van der Waals surface area contributed by atoms with E-state index in [2.05, 4.69) is 20.8 Å². The largest absolute Gasteiger partial charge is 0.507 e. The highest BCUT2D eigenvalue weighted by molar-refractivity contribution is 5.97. The van der Waals surface area contributed by atoms with Gasteiger partial charge in [-0.15, -0.1) is 0 Å². The van der Waals surface area contributed by atoms with E-state index < -0.39 is 11.9 Å². The van der Waals surface area contributed by atoms with Gasteiger partial charge in [-0.3, -0.25) is 14.7 Å². The fourth-order valence-corrected chi connectivity index (χ4v) is 2.91. The number of benzene rings is 1. The topological polar surface area (TPSA) is 107 Å². The number of phenols is 1. The van der Waals surface area contributed by atoms with Gasteiger partial charge in [-0.05, 0) is 36.5 Å². The first-order valence-corrected chi connectivity index (χ1v) is 8.48. The van der Waals surface area contributed by atoms with Crippen molar-refractivity contribution >= 4 is 11.8 Å². The third kappa shape index (κ3) is 3.68. The Bertz CT molecular complexity index is 828. The highest BCUT2D eigenvalue weighted by atomic mass is 19.1. The van der Waals surface area contributed by atoms with E-state index in [9.17, 15) is 19.1 Å². The molecule has 8 heteroatoms. The number of amides is 2. The van der Waals surface area contributed by atoms with Crippen LogP contribution in [0.1, 0.15) is 58.9 Å². The van der Waals surface area contributed by atoms with E-state index in [0.717, 1.165) is 11.8 Å². The van der Waals surface area contributed by atoms with Crippen molar-refractivity contribution in [1.29, 1.82) is 0 Å². The van der Waals surface area contributed by atoms with E-state index >= 15 is 0 Å². The number of halogens is 1. The van der Waals surface area contributed by atoms with Crippen molar-refractivity contribution in [3.05, 3.63) is 47.0 Å². The van der Waals surface area contributed by atoms with Crippen LogP contribution in [0.2, 0.25) is 0 Å². The molecular formula is C18H21FN4O3. The van der Waals surface area contributed by atoms with Crippen molar-refractivity contribution < 1.29 is 19.1 Å². The molecule has 0 unspecified atom stereocenters. The molecule has 1 aliphatic rings. The molecule has 26 heavy (non-hydrogen) atoms. The number of rotatable bonds is 5. The number of nitrogens with zero attached hydrogens (tertiary/aromatic N) is 1. The Labute approximate surface area is 150 Å². The predicted octanol–water partition coefficient (Wildman–Crippen LogP) is 2.07. The van der Waals surface area contributed by atoms with Crippen LogP contribution in [-0.2, 0) is 0 Å². The van der Waals surface area contributed by atoms with Gasteiger partial charge in [0.15, 0.2) is 0 Å². The SMILES string of the molecule is CC(C)c1ccc(C(=O)NC2CC(NC(=O)c3cn[nH]c3F)C2)c(O)c1. The van der Waals surface area contributed by atoms with Crippen LogP contribution >= 0.6 is 0 Å². The van der Waals surface area contributed by atoms with Gasteiger partial charge in [0.25, 0.3) is 11.8 Å². The normalized spacial score (nSPS) is 19.1. The molecule has 0 aliphatic heterocycles. The summed E-state index contributed by atoms with van der Waals surface area (Å²) >= 11 is 0. The van der Waals surface area contributed by atoms with E-state index in [1.54, 1.807) is 12.1 Å². The van der Waals surface area contributed by atoms with Gasteiger partial charge in [-0.25, -0.2) is 0 Å². The molecule has 1 aromatic carbocycles. The first-order valence-electron chi connectivity index (χ1n) is 8.48. The zero-order valence-corrected chi connectivity index (χ0v) is 14.5. The fourth-order valence-electron chi connectivity index (χ4n) is 2.91. The summed E-state index contributed by atoms with van der Waals surface area (Å²) < 4.78 is 13.3. The summed E-state index contributed by atoms with van der Waals surface area (Å²) in [5, 5.41) is 21.1. The summed E-state index contributed by atoms with van der Waals surface area (Å²) in [7, 11) is 0. The number of carbonyl (C=O) groups excluding carboxylic acids is 2. The number of aromatic nitrogens is 2. The van der Waals surface area contributed by atoms with Crippen molar-refractivity contribution in [1.82, 2.24) is 20.8 Å². The molecule has 7 nitrogen and oxygen atoms in total. The van der Waals surface area contributed by atoms with E-state index in [0.29, 0.717) is 12.8 Å². The van der Waals surface area contributed by atoms with Gasteiger partial charge in [0.1, 0.15) is 11.3 Å². The lowest BCUT2D eigenvalue weighted by Gasteiger charge is -2.36. The molecule has 0 atom stereocenters. The average Bonchev–Trinajstić information content (AvgIpc) is 2.98. The van der Waals surface area contributed by atoms with Crippen LogP contribution in [0, 0.1) is 5.95 Å². The number of carbonyl (C=O) groups is 2. The zero-order chi connectivity index (χ0) is 18.8. The third-order valence-electron chi connectivity index (χ3n) is 4.58. The van der Waals surface area contributed by atoms with Crippen LogP contribution in [0.25, 0.3) is 0 Å². The number of aromatic amines is 1. The molecule has 1 aromatic heterocycles. The Kier molecular flexibility index (Phi) is 4.92. The monoisotopic (exact) mass is 360 g/mol. The van der Waals surface area contributed by atoms with Gasteiger partial charge in [0.2, 0.25) is 5.95 Å². The van der Waals surface area contributed by atoms with Crippen molar-refractivity contribution in [3.63, 3.8) is 0 Å². The molecule has 2 amide bonds. The second-order valence-electron chi connectivity index (χ2n) is 6.84. The maximum absolute atomic E-state index is 13.3. The van der Waals surface area contributed by atoms with Crippen LogP contribution < -0.4 is 10.6 Å². The highest BCUT2D eigenvalue weighted by Gasteiger charge is 2.32. The first kappa shape index (κ1) is 17.9. The summed E-state index contributed by atoms with van der Waals surface area (Å²) in [6, 6.07) is 4.79. The summed E-state index contributed by atoms with van der Waals surface area (Å²) in [5.74, 6) is -1.45. The minimum Gasteiger partial charge on any atom is -0.507 e. The Morgan fingerprint density at radius 3 is 2.31 bits per heavy atom. The molecule has 0 spiro atoms. The molecule has 0 bridgehead atoms. The molecule has 1 fully saturated rings. The number of H-pyrrole nitrogens is 1. The molecule has 2 aromatic rings. The molecule has 1 aliphatic carbocycles. The molecule has 3 rings (SSSR count). The second kappa shape index (κ2) is 7.15. The van der Waals surface area contributed by atoms with E-state index in [1.807, 2.05) is 19.9 Å². The Morgan fingerprint density at radius 2 is 1.81 bits per heavy atom. The standard InChI is InChI=1S/C18H21FN4O3/c1-9(2)10-3-4-13(15(24)5-10)17(25)21-11-6-12(7-11)22-18(26)14-8-20-23-16(14)19/h3-5,8-9,11-12,24H,6-7H2,1-2H3,(H,20,23)(H,21,25)(H,22,26). The summed E-state index contributed by atoms with van der Waals surface area (Å²) in [4.78, 5) is 24.2. The minimum absolute atomic E-state index is 0.0479. The lowest BCUT2D eigenvalue weighted by Crippen LogP contribution is -2.53. The number of aromatic hydroxyl groups is 1. The minimum atomic E-state index is -0.771.